The van der Waals surface area contributed by atoms with Crippen LogP contribution >= 0.6 is 34.8 Å². The summed E-state index contributed by atoms with van der Waals surface area (Å²) < 4.78 is 11.1. The number of carbonyl (C=O) groups excluding carboxylic acids is 1. The quantitative estimate of drug-likeness (QED) is 0.369. The molecule has 5 nitrogen and oxygen atoms in total. The van der Waals surface area contributed by atoms with Crippen molar-refractivity contribution in [2.75, 3.05) is 0 Å². The molecule has 1 aliphatic rings. The number of nitriles is 1. The first-order valence-electron chi connectivity index (χ1n) is 9.02. The molecule has 0 saturated heterocycles. The van der Waals surface area contributed by atoms with Gasteiger partial charge in [0.15, 0.2) is 0 Å². The molecule has 1 atom stereocenters. The molecule has 1 heterocycles. The first-order valence-corrected chi connectivity index (χ1v) is 10.2. The highest BCUT2D eigenvalue weighted by Gasteiger charge is 2.31. The molecular weight excluding hydrogens is 459 g/mol. The Hall–Kier alpha value is -3.17. The first kappa shape index (κ1) is 21.1. The molecule has 4 rings (SSSR count). The Morgan fingerprint density at radius 3 is 2.48 bits per heavy atom. The fourth-order valence-corrected chi connectivity index (χ4v) is 3.84. The molecule has 0 fully saturated rings. The van der Waals surface area contributed by atoms with Crippen molar-refractivity contribution in [1.82, 2.24) is 0 Å². The van der Waals surface area contributed by atoms with E-state index in [1.807, 2.05) is 0 Å². The van der Waals surface area contributed by atoms with Crippen LogP contribution in [0, 0.1) is 11.3 Å². The van der Waals surface area contributed by atoms with E-state index in [0.717, 1.165) is 5.56 Å². The zero-order valence-electron chi connectivity index (χ0n) is 15.7. The Labute approximate surface area is 193 Å². The molecule has 3 aromatic rings. The summed E-state index contributed by atoms with van der Waals surface area (Å²) >= 11 is 18.3. The number of allylic oxidation sites excluding steroid dienone is 1. The van der Waals surface area contributed by atoms with Crippen LogP contribution in [0.4, 0.5) is 0 Å². The van der Waals surface area contributed by atoms with Gasteiger partial charge in [0.1, 0.15) is 23.1 Å². The summed E-state index contributed by atoms with van der Waals surface area (Å²) in [6.07, 6.45) is 0. The number of halogens is 3. The van der Waals surface area contributed by atoms with Gasteiger partial charge in [0.25, 0.3) is 0 Å². The SMILES string of the molecule is N#CC1=C(N)Oc2cc(OC(=O)c3ccccc3Cl)ccc2C1c1ccc(Cl)c(Cl)c1. The molecular formula is C23H13Cl3N2O3. The van der Waals surface area contributed by atoms with Crippen LogP contribution in [0.5, 0.6) is 11.5 Å². The van der Waals surface area contributed by atoms with E-state index in [1.54, 1.807) is 54.6 Å². The van der Waals surface area contributed by atoms with Crippen molar-refractivity contribution < 1.29 is 14.3 Å². The number of fused-ring (bicyclic) bond motifs is 1. The topological polar surface area (TPSA) is 85.3 Å². The van der Waals surface area contributed by atoms with Gasteiger partial charge in [0, 0.05) is 11.6 Å². The normalized spacial score (nSPS) is 15.0. The third-order valence-corrected chi connectivity index (χ3v) is 5.84. The number of hydrogen-bond donors (Lipinski definition) is 1. The number of esters is 1. The summed E-state index contributed by atoms with van der Waals surface area (Å²) in [4.78, 5) is 12.5. The van der Waals surface area contributed by atoms with E-state index in [2.05, 4.69) is 6.07 Å². The second kappa shape index (κ2) is 8.52. The number of carbonyl (C=O) groups is 1. The van der Waals surface area contributed by atoms with Crippen molar-refractivity contribution in [3.05, 3.63) is 104 Å². The van der Waals surface area contributed by atoms with Gasteiger partial charge >= 0.3 is 5.97 Å². The van der Waals surface area contributed by atoms with Crippen LogP contribution in [-0.4, -0.2) is 5.97 Å². The molecule has 0 spiro atoms. The third kappa shape index (κ3) is 4.06. The molecule has 1 aliphatic heterocycles. The number of nitrogens with two attached hydrogens (primary N) is 1. The van der Waals surface area contributed by atoms with Gasteiger partial charge in [-0.2, -0.15) is 5.26 Å². The number of nitrogens with zero attached hydrogens (tertiary/aromatic N) is 1. The lowest BCUT2D eigenvalue weighted by molar-refractivity contribution is 0.0734. The van der Waals surface area contributed by atoms with Crippen molar-refractivity contribution in [2.24, 2.45) is 5.73 Å². The smallest absolute Gasteiger partial charge is 0.345 e. The average molecular weight is 472 g/mol. The zero-order chi connectivity index (χ0) is 22.1. The summed E-state index contributed by atoms with van der Waals surface area (Å²) in [5.41, 5.74) is 7.88. The molecule has 0 aromatic heterocycles. The van der Waals surface area contributed by atoms with Crippen LogP contribution in [0.1, 0.15) is 27.4 Å². The van der Waals surface area contributed by atoms with E-state index in [9.17, 15) is 10.1 Å². The van der Waals surface area contributed by atoms with Gasteiger partial charge in [-0.25, -0.2) is 4.79 Å². The second-order valence-corrected chi connectivity index (χ2v) is 7.89. The highest BCUT2D eigenvalue weighted by atomic mass is 35.5. The van der Waals surface area contributed by atoms with Gasteiger partial charge in [-0.05, 0) is 35.9 Å². The summed E-state index contributed by atoms with van der Waals surface area (Å²) in [7, 11) is 0. The highest BCUT2D eigenvalue weighted by molar-refractivity contribution is 6.42. The van der Waals surface area contributed by atoms with Crippen LogP contribution in [-0.2, 0) is 0 Å². The predicted molar refractivity (Wildman–Crippen MR) is 119 cm³/mol. The van der Waals surface area contributed by atoms with E-state index >= 15 is 0 Å². The van der Waals surface area contributed by atoms with E-state index in [1.165, 1.54) is 6.07 Å². The van der Waals surface area contributed by atoms with Crippen molar-refractivity contribution in [2.45, 2.75) is 5.92 Å². The lowest BCUT2D eigenvalue weighted by Crippen LogP contribution is -2.21. The van der Waals surface area contributed by atoms with Crippen LogP contribution in [0.3, 0.4) is 0 Å². The van der Waals surface area contributed by atoms with E-state index < -0.39 is 11.9 Å². The Balaban J connectivity index is 1.72. The van der Waals surface area contributed by atoms with Crippen molar-refractivity contribution in [3.8, 4) is 17.6 Å². The molecule has 2 N–H and O–H groups in total. The van der Waals surface area contributed by atoms with Crippen molar-refractivity contribution in [1.29, 1.82) is 5.26 Å². The molecule has 1 unspecified atom stereocenters. The van der Waals surface area contributed by atoms with Crippen molar-refractivity contribution >= 4 is 40.8 Å². The Morgan fingerprint density at radius 1 is 1.00 bits per heavy atom. The van der Waals surface area contributed by atoms with Gasteiger partial charge in [-0.3, -0.25) is 0 Å². The molecule has 31 heavy (non-hydrogen) atoms. The minimum Gasteiger partial charge on any atom is -0.440 e. The fourth-order valence-electron chi connectivity index (χ4n) is 3.32. The number of rotatable bonds is 3. The predicted octanol–water partition coefficient (Wildman–Crippen LogP) is 6.08. The summed E-state index contributed by atoms with van der Waals surface area (Å²) in [6.45, 7) is 0. The van der Waals surface area contributed by atoms with Gasteiger partial charge < -0.3 is 15.2 Å². The van der Waals surface area contributed by atoms with Crippen molar-refractivity contribution in [3.63, 3.8) is 0 Å². The van der Waals surface area contributed by atoms with Crippen LogP contribution < -0.4 is 15.2 Å². The van der Waals surface area contributed by atoms with Gasteiger partial charge in [-0.1, -0.05) is 59.1 Å². The second-order valence-electron chi connectivity index (χ2n) is 6.67. The van der Waals surface area contributed by atoms with Gasteiger partial charge in [-0.15, -0.1) is 0 Å². The molecule has 0 radical (unpaired) electrons. The third-order valence-electron chi connectivity index (χ3n) is 4.77. The zero-order valence-corrected chi connectivity index (χ0v) is 18.0. The van der Waals surface area contributed by atoms with E-state index in [-0.39, 0.29) is 27.8 Å². The molecule has 3 aromatic carbocycles. The maximum absolute atomic E-state index is 12.5. The molecule has 8 heteroatoms. The summed E-state index contributed by atoms with van der Waals surface area (Å²) in [6, 6.07) is 18.6. The van der Waals surface area contributed by atoms with Crippen LogP contribution in [0.15, 0.2) is 72.1 Å². The van der Waals surface area contributed by atoms with Gasteiger partial charge in [0.05, 0.1) is 26.5 Å². The first-order chi connectivity index (χ1) is 14.9. The van der Waals surface area contributed by atoms with E-state index in [4.69, 9.17) is 50.0 Å². The standard InChI is InChI=1S/C23H13Cl3N2O3/c24-17-4-2-1-3-14(17)23(29)30-13-6-7-15-20(10-13)31-22(28)16(11-27)21(15)12-5-8-18(25)19(26)9-12/h1-10,21H,28H2. The monoisotopic (exact) mass is 470 g/mol. The molecule has 154 valence electrons. The minimum atomic E-state index is -0.608. The Morgan fingerprint density at radius 2 is 1.77 bits per heavy atom. The molecule has 0 saturated carbocycles. The average Bonchev–Trinajstić information content (AvgIpc) is 2.75. The lowest BCUT2D eigenvalue weighted by atomic mass is 9.83. The molecule has 0 amide bonds. The fraction of sp³-hybridized carbons (Fsp3) is 0.0435. The number of ether oxygens (including phenoxy) is 2. The van der Waals surface area contributed by atoms with Gasteiger partial charge in [0.2, 0.25) is 5.88 Å². The van der Waals surface area contributed by atoms with E-state index in [0.29, 0.717) is 21.4 Å². The van der Waals surface area contributed by atoms with Crippen LogP contribution in [0.25, 0.3) is 0 Å². The molecule has 0 bridgehead atoms. The molecule has 0 aliphatic carbocycles. The minimum absolute atomic E-state index is 0.0411. The Bertz CT molecular complexity index is 1280. The summed E-state index contributed by atoms with van der Waals surface area (Å²) in [5, 5.41) is 10.7. The van der Waals surface area contributed by atoms with Crippen LogP contribution in [0.2, 0.25) is 15.1 Å². The lowest BCUT2D eigenvalue weighted by Gasteiger charge is -2.27. The number of hydrogen-bond acceptors (Lipinski definition) is 5. The Kier molecular flexibility index (Phi) is 5.79. The maximum atomic E-state index is 12.5. The summed E-state index contributed by atoms with van der Waals surface area (Å²) in [5.74, 6) is -0.567. The maximum Gasteiger partial charge on any atom is 0.345 e. The number of benzene rings is 3. The highest BCUT2D eigenvalue weighted by Crippen LogP contribution is 2.44. The largest absolute Gasteiger partial charge is 0.440 e.